The van der Waals surface area contributed by atoms with Crippen LogP contribution in [-0.4, -0.2) is 44.3 Å². The zero-order valence-corrected chi connectivity index (χ0v) is 23.7. The molecule has 2 amide bonds. The van der Waals surface area contributed by atoms with Gasteiger partial charge in [0.1, 0.15) is 12.6 Å². The van der Waals surface area contributed by atoms with Crippen LogP contribution >= 0.6 is 11.6 Å². The second-order valence-electron chi connectivity index (χ2n) is 9.29. The van der Waals surface area contributed by atoms with Crippen LogP contribution in [-0.2, 0) is 26.2 Å². The van der Waals surface area contributed by atoms with E-state index in [0.29, 0.717) is 17.3 Å². The summed E-state index contributed by atoms with van der Waals surface area (Å²) in [6, 6.07) is 21.3. The Morgan fingerprint density at radius 1 is 0.921 bits per heavy atom. The summed E-state index contributed by atoms with van der Waals surface area (Å²) in [7, 11) is -4.09. The smallest absolute Gasteiger partial charge is 0.264 e. The molecule has 0 unspecified atom stereocenters. The number of anilines is 1. The number of hydrogen-bond donors (Lipinski definition) is 1. The minimum Gasteiger partial charge on any atom is -0.355 e. The molecule has 0 heterocycles. The lowest BCUT2D eigenvalue weighted by molar-refractivity contribution is -0.139. The van der Waals surface area contributed by atoms with E-state index in [1.165, 1.54) is 17.0 Å². The van der Waals surface area contributed by atoms with Gasteiger partial charge in [-0.25, -0.2) is 8.42 Å². The van der Waals surface area contributed by atoms with Crippen LogP contribution in [0.1, 0.15) is 44.7 Å². The number of rotatable bonds is 11. The summed E-state index contributed by atoms with van der Waals surface area (Å²) >= 11 is 6.16. The Hall–Kier alpha value is -3.36. The van der Waals surface area contributed by atoms with Crippen LogP contribution in [0.4, 0.5) is 5.69 Å². The van der Waals surface area contributed by atoms with Gasteiger partial charge in [-0.1, -0.05) is 67.9 Å². The summed E-state index contributed by atoms with van der Waals surface area (Å²) < 4.78 is 28.7. The summed E-state index contributed by atoms with van der Waals surface area (Å²) in [5, 5.41) is 3.24. The molecule has 202 valence electrons. The van der Waals surface area contributed by atoms with Crippen molar-refractivity contribution in [3.8, 4) is 0 Å². The van der Waals surface area contributed by atoms with Crippen molar-refractivity contribution in [1.29, 1.82) is 0 Å². The van der Waals surface area contributed by atoms with Crippen molar-refractivity contribution in [3.05, 3.63) is 95.0 Å². The van der Waals surface area contributed by atoms with E-state index in [1.54, 1.807) is 68.4 Å². The first kappa shape index (κ1) is 29.2. The number of amides is 2. The van der Waals surface area contributed by atoms with Gasteiger partial charge in [0.05, 0.1) is 10.6 Å². The van der Waals surface area contributed by atoms with E-state index in [2.05, 4.69) is 5.32 Å². The molecule has 1 atom stereocenters. The molecular formula is C29H34ClN3O4S. The lowest BCUT2D eigenvalue weighted by Crippen LogP contribution is -2.51. The van der Waals surface area contributed by atoms with E-state index in [9.17, 15) is 18.0 Å². The number of nitrogens with zero attached hydrogens (tertiary/aromatic N) is 2. The van der Waals surface area contributed by atoms with Crippen LogP contribution in [0, 0.1) is 0 Å². The molecule has 3 aromatic carbocycles. The maximum absolute atomic E-state index is 13.8. The highest BCUT2D eigenvalue weighted by molar-refractivity contribution is 7.92. The Morgan fingerprint density at radius 2 is 1.58 bits per heavy atom. The standard InChI is InChI=1S/C29H34ClN3O4S/c1-5-31-29(35)22(4)32(19-23-10-9-11-25(30)18-23)28(34)20-33(26-16-14-24(15-17-26)21(2)3)38(36,37)27-12-7-6-8-13-27/h6-18,21-22H,5,19-20H2,1-4H3,(H,31,35)/t22-/m1/s1. The van der Waals surface area contributed by atoms with Gasteiger partial charge >= 0.3 is 0 Å². The van der Waals surface area contributed by atoms with Gasteiger partial charge < -0.3 is 10.2 Å². The van der Waals surface area contributed by atoms with Crippen molar-refractivity contribution < 1.29 is 18.0 Å². The number of hydrogen-bond acceptors (Lipinski definition) is 4. The molecule has 0 aliphatic heterocycles. The third kappa shape index (κ3) is 7.14. The molecule has 0 saturated carbocycles. The predicted octanol–water partition coefficient (Wildman–Crippen LogP) is 5.21. The highest BCUT2D eigenvalue weighted by atomic mass is 35.5. The van der Waals surface area contributed by atoms with Crippen molar-refractivity contribution in [3.63, 3.8) is 0 Å². The normalized spacial score (nSPS) is 12.2. The molecule has 3 aromatic rings. The number of carbonyl (C=O) groups is 2. The van der Waals surface area contributed by atoms with E-state index in [0.717, 1.165) is 15.4 Å². The fourth-order valence-electron chi connectivity index (χ4n) is 4.01. The van der Waals surface area contributed by atoms with Crippen molar-refractivity contribution >= 4 is 39.1 Å². The molecule has 0 fully saturated rings. The zero-order valence-electron chi connectivity index (χ0n) is 22.1. The molecule has 0 spiro atoms. The van der Waals surface area contributed by atoms with Gasteiger partial charge in [0.15, 0.2) is 0 Å². The van der Waals surface area contributed by atoms with Crippen LogP contribution in [0.15, 0.2) is 83.8 Å². The molecule has 7 nitrogen and oxygen atoms in total. The van der Waals surface area contributed by atoms with Gasteiger partial charge in [0, 0.05) is 18.1 Å². The summed E-state index contributed by atoms with van der Waals surface area (Å²) in [4.78, 5) is 28.0. The third-order valence-corrected chi connectivity index (χ3v) is 8.24. The third-order valence-electron chi connectivity index (χ3n) is 6.22. The number of carbonyl (C=O) groups excluding carboxylic acids is 2. The second kappa shape index (κ2) is 12.9. The average molecular weight is 556 g/mol. The lowest BCUT2D eigenvalue weighted by atomic mass is 10.0. The lowest BCUT2D eigenvalue weighted by Gasteiger charge is -2.32. The maximum Gasteiger partial charge on any atom is 0.264 e. The van der Waals surface area contributed by atoms with Crippen molar-refractivity contribution in [2.24, 2.45) is 0 Å². The highest BCUT2D eigenvalue weighted by Crippen LogP contribution is 2.26. The summed E-state index contributed by atoms with van der Waals surface area (Å²) in [6.07, 6.45) is 0. The Bertz CT molecular complexity index is 1350. The Kier molecular flexibility index (Phi) is 9.94. The fraction of sp³-hybridized carbons (Fsp3) is 0.310. The average Bonchev–Trinajstić information content (AvgIpc) is 2.90. The summed E-state index contributed by atoms with van der Waals surface area (Å²) in [5.41, 5.74) is 2.13. The second-order valence-corrected chi connectivity index (χ2v) is 11.6. The molecule has 38 heavy (non-hydrogen) atoms. The molecule has 0 saturated heterocycles. The number of nitrogens with one attached hydrogen (secondary N) is 1. The maximum atomic E-state index is 13.8. The molecule has 0 bridgehead atoms. The number of likely N-dealkylation sites (N-methyl/N-ethyl adjacent to an activating group) is 1. The minimum absolute atomic E-state index is 0.0684. The van der Waals surface area contributed by atoms with Crippen LogP contribution in [0.25, 0.3) is 0 Å². The number of sulfonamides is 1. The molecule has 3 rings (SSSR count). The van der Waals surface area contributed by atoms with Crippen LogP contribution in [0.2, 0.25) is 5.02 Å². The monoisotopic (exact) mass is 555 g/mol. The Balaban J connectivity index is 2.03. The predicted molar refractivity (Wildman–Crippen MR) is 152 cm³/mol. The van der Waals surface area contributed by atoms with E-state index in [-0.39, 0.29) is 23.3 Å². The molecular weight excluding hydrogens is 522 g/mol. The molecule has 0 radical (unpaired) electrons. The van der Waals surface area contributed by atoms with Crippen molar-refractivity contribution in [2.75, 3.05) is 17.4 Å². The topological polar surface area (TPSA) is 86.8 Å². The fourth-order valence-corrected chi connectivity index (χ4v) is 5.66. The molecule has 0 aliphatic rings. The first-order chi connectivity index (χ1) is 18.0. The molecule has 0 aromatic heterocycles. The van der Waals surface area contributed by atoms with Gasteiger partial charge in [-0.05, 0) is 67.3 Å². The quantitative estimate of drug-likeness (QED) is 0.352. The summed E-state index contributed by atoms with van der Waals surface area (Å²) in [5.74, 6) is -0.589. The van der Waals surface area contributed by atoms with E-state index >= 15 is 0 Å². The largest absolute Gasteiger partial charge is 0.355 e. The molecule has 1 N–H and O–H groups in total. The van der Waals surface area contributed by atoms with Gasteiger partial charge in [0.25, 0.3) is 10.0 Å². The highest BCUT2D eigenvalue weighted by Gasteiger charge is 2.32. The summed E-state index contributed by atoms with van der Waals surface area (Å²) in [6.45, 7) is 7.52. The first-order valence-corrected chi connectivity index (χ1v) is 14.4. The van der Waals surface area contributed by atoms with Gasteiger partial charge in [0.2, 0.25) is 11.8 Å². The number of halogens is 1. The van der Waals surface area contributed by atoms with E-state index < -0.39 is 28.5 Å². The van der Waals surface area contributed by atoms with E-state index in [4.69, 9.17) is 11.6 Å². The van der Waals surface area contributed by atoms with Crippen molar-refractivity contribution in [1.82, 2.24) is 10.2 Å². The Morgan fingerprint density at radius 3 is 2.16 bits per heavy atom. The van der Waals surface area contributed by atoms with Crippen LogP contribution in [0.5, 0.6) is 0 Å². The van der Waals surface area contributed by atoms with Crippen LogP contribution in [0.3, 0.4) is 0 Å². The minimum atomic E-state index is -4.09. The zero-order chi connectivity index (χ0) is 27.9. The van der Waals surface area contributed by atoms with Gasteiger partial charge in [-0.15, -0.1) is 0 Å². The van der Waals surface area contributed by atoms with Crippen molar-refractivity contribution in [2.45, 2.75) is 51.1 Å². The molecule has 0 aliphatic carbocycles. The van der Waals surface area contributed by atoms with E-state index in [1.807, 2.05) is 26.0 Å². The SMILES string of the molecule is CCNC(=O)[C@@H](C)N(Cc1cccc(Cl)c1)C(=O)CN(c1ccc(C(C)C)cc1)S(=O)(=O)c1ccccc1. The van der Waals surface area contributed by atoms with Gasteiger partial charge in [-0.3, -0.25) is 13.9 Å². The van der Waals surface area contributed by atoms with Gasteiger partial charge in [-0.2, -0.15) is 0 Å². The first-order valence-electron chi connectivity index (χ1n) is 12.5. The Labute approximate surface area is 230 Å². The van der Waals surface area contributed by atoms with Crippen LogP contribution < -0.4 is 9.62 Å². The molecule has 9 heteroatoms. The number of benzene rings is 3.